The normalized spacial score (nSPS) is 11.1. The summed E-state index contributed by atoms with van der Waals surface area (Å²) in [7, 11) is 0. The van der Waals surface area contributed by atoms with Gasteiger partial charge in [-0.15, -0.1) is 0 Å². The van der Waals surface area contributed by atoms with Crippen molar-refractivity contribution in [1.29, 1.82) is 0 Å². The molecular weight excluding hydrogens is 459 g/mol. The maximum Gasteiger partial charge on any atom is 0.196 e. The van der Waals surface area contributed by atoms with Crippen LogP contribution >= 0.6 is 55.1 Å². The first-order valence-corrected chi connectivity index (χ1v) is 8.32. The van der Waals surface area contributed by atoms with Crippen LogP contribution in [0, 0.1) is 0 Å². The van der Waals surface area contributed by atoms with Gasteiger partial charge in [0, 0.05) is 10.9 Å². The lowest BCUT2D eigenvalue weighted by Crippen LogP contribution is -2.00. The lowest BCUT2D eigenvalue weighted by atomic mass is 10.0. The van der Waals surface area contributed by atoms with Gasteiger partial charge >= 0.3 is 0 Å². The number of rotatable bonds is 2. The van der Waals surface area contributed by atoms with Gasteiger partial charge in [0.25, 0.3) is 0 Å². The fraction of sp³-hybridized carbons (Fsp3) is 0. The first-order chi connectivity index (χ1) is 10.4. The Hall–Kier alpha value is -1.01. The Morgan fingerprint density at radius 1 is 1.09 bits per heavy atom. The predicted molar refractivity (Wildman–Crippen MR) is 93.2 cm³/mol. The SMILES string of the molecule is O=C(c1ccc(Cl)c(Cl)c1)c1coc2c(Br)c(Br)c(O)cc12. The quantitative estimate of drug-likeness (QED) is 0.459. The third-order valence-corrected chi connectivity index (χ3v) is 5.98. The fourth-order valence-corrected chi connectivity index (χ4v) is 3.16. The Bertz CT molecular complexity index is 919. The van der Waals surface area contributed by atoms with Gasteiger partial charge in [-0.25, -0.2) is 0 Å². The second kappa shape index (κ2) is 5.89. The summed E-state index contributed by atoms with van der Waals surface area (Å²) in [4.78, 5) is 12.6. The molecule has 112 valence electrons. The largest absolute Gasteiger partial charge is 0.507 e. The number of halogens is 4. The highest BCUT2D eigenvalue weighted by Crippen LogP contribution is 2.40. The number of hydrogen-bond donors (Lipinski definition) is 1. The molecule has 3 nitrogen and oxygen atoms in total. The van der Waals surface area contributed by atoms with Crippen molar-refractivity contribution in [3.8, 4) is 5.75 Å². The number of furan rings is 1. The average molecular weight is 465 g/mol. The van der Waals surface area contributed by atoms with E-state index in [1.54, 1.807) is 12.1 Å². The van der Waals surface area contributed by atoms with Gasteiger partial charge in [-0.3, -0.25) is 4.79 Å². The van der Waals surface area contributed by atoms with Crippen LogP contribution in [0.2, 0.25) is 10.0 Å². The summed E-state index contributed by atoms with van der Waals surface area (Å²) >= 11 is 18.4. The Labute approximate surface area is 152 Å². The van der Waals surface area contributed by atoms with E-state index in [2.05, 4.69) is 31.9 Å². The monoisotopic (exact) mass is 462 g/mol. The highest BCUT2D eigenvalue weighted by Gasteiger charge is 2.20. The van der Waals surface area contributed by atoms with E-state index in [1.165, 1.54) is 18.4 Å². The van der Waals surface area contributed by atoms with Gasteiger partial charge in [-0.05, 0) is 56.1 Å². The number of hydrogen-bond acceptors (Lipinski definition) is 3. The molecule has 0 saturated carbocycles. The van der Waals surface area contributed by atoms with Crippen molar-refractivity contribution in [1.82, 2.24) is 0 Å². The van der Waals surface area contributed by atoms with Crippen LogP contribution < -0.4 is 0 Å². The smallest absolute Gasteiger partial charge is 0.196 e. The maximum absolute atomic E-state index is 12.6. The third kappa shape index (κ3) is 2.56. The first kappa shape index (κ1) is 15.9. The molecule has 0 aliphatic rings. The molecule has 0 spiro atoms. The zero-order chi connectivity index (χ0) is 16.0. The van der Waals surface area contributed by atoms with Crippen LogP contribution in [-0.4, -0.2) is 10.9 Å². The molecule has 0 aliphatic carbocycles. The number of benzene rings is 2. The van der Waals surface area contributed by atoms with Gasteiger partial charge in [0.1, 0.15) is 17.6 Å². The van der Waals surface area contributed by atoms with Crippen molar-refractivity contribution in [2.24, 2.45) is 0 Å². The summed E-state index contributed by atoms with van der Waals surface area (Å²) in [5, 5.41) is 11.1. The van der Waals surface area contributed by atoms with E-state index in [-0.39, 0.29) is 11.5 Å². The molecule has 1 heterocycles. The molecule has 0 radical (unpaired) electrons. The predicted octanol–water partition coefficient (Wildman–Crippen LogP) is 6.20. The molecule has 0 saturated heterocycles. The number of phenols is 1. The van der Waals surface area contributed by atoms with Gasteiger partial charge in [-0.2, -0.15) is 0 Å². The van der Waals surface area contributed by atoms with E-state index in [9.17, 15) is 9.90 Å². The summed E-state index contributed by atoms with van der Waals surface area (Å²) < 4.78 is 6.44. The van der Waals surface area contributed by atoms with Crippen molar-refractivity contribution in [3.05, 3.63) is 60.6 Å². The van der Waals surface area contributed by atoms with Crippen LogP contribution in [0.4, 0.5) is 0 Å². The van der Waals surface area contributed by atoms with Gasteiger partial charge in [0.2, 0.25) is 0 Å². The molecule has 3 aromatic rings. The number of carbonyl (C=O) groups is 1. The Balaban J connectivity index is 2.18. The summed E-state index contributed by atoms with van der Waals surface area (Å²) in [6, 6.07) is 6.11. The standard InChI is InChI=1S/C15H6Br2Cl2O3/c16-12-11(20)4-7-8(5-22-15(7)13(12)17)14(21)6-1-2-9(18)10(19)3-6/h1-5,20H. The third-order valence-electron chi connectivity index (χ3n) is 3.15. The molecule has 7 heteroatoms. The van der Waals surface area contributed by atoms with Crippen molar-refractivity contribution < 1.29 is 14.3 Å². The summed E-state index contributed by atoms with van der Waals surface area (Å²) in [6.45, 7) is 0. The molecule has 0 amide bonds. The van der Waals surface area contributed by atoms with E-state index in [0.29, 0.717) is 41.1 Å². The van der Waals surface area contributed by atoms with E-state index in [1.807, 2.05) is 0 Å². The molecule has 22 heavy (non-hydrogen) atoms. The van der Waals surface area contributed by atoms with Crippen LogP contribution in [0.1, 0.15) is 15.9 Å². The van der Waals surface area contributed by atoms with E-state index < -0.39 is 0 Å². The average Bonchev–Trinajstić information content (AvgIpc) is 2.90. The maximum atomic E-state index is 12.6. The number of carbonyl (C=O) groups excluding carboxylic acids is 1. The summed E-state index contributed by atoms with van der Waals surface area (Å²) in [6.07, 6.45) is 1.35. The van der Waals surface area contributed by atoms with Crippen LogP contribution in [0.15, 0.2) is 43.9 Å². The van der Waals surface area contributed by atoms with Crippen LogP contribution in [-0.2, 0) is 0 Å². The molecule has 0 fully saturated rings. The highest BCUT2D eigenvalue weighted by atomic mass is 79.9. The number of aromatic hydroxyl groups is 1. The molecule has 2 aromatic carbocycles. The molecule has 1 aromatic heterocycles. The molecule has 0 atom stereocenters. The fourth-order valence-electron chi connectivity index (χ4n) is 2.06. The minimum atomic E-state index is -0.272. The lowest BCUT2D eigenvalue weighted by Gasteiger charge is -2.03. The Morgan fingerprint density at radius 3 is 2.50 bits per heavy atom. The molecule has 1 N–H and O–H groups in total. The number of ketones is 1. The second-order valence-corrected chi connectivity index (χ2v) is 6.91. The first-order valence-electron chi connectivity index (χ1n) is 5.98. The molecule has 0 bridgehead atoms. The van der Waals surface area contributed by atoms with E-state index in [4.69, 9.17) is 27.6 Å². The van der Waals surface area contributed by atoms with Crippen molar-refractivity contribution in [3.63, 3.8) is 0 Å². The van der Waals surface area contributed by atoms with Gasteiger partial charge in [-0.1, -0.05) is 23.2 Å². The number of phenolic OH excluding ortho intramolecular Hbond substituents is 1. The second-order valence-electron chi connectivity index (χ2n) is 4.51. The Morgan fingerprint density at radius 2 is 1.82 bits per heavy atom. The van der Waals surface area contributed by atoms with Gasteiger partial charge in [0.15, 0.2) is 5.78 Å². The summed E-state index contributed by atoms with van der Waals surface area (Å²) in [5.41, 5.74) is 1.18. The van der Waals surface area contributed by atoms with Crippen LogP contribution in [0.3, 0.4) is 0 Å². The minimum Gasteiger partial charge on any atom is -0.507 e. The topological polar surface area (TPSA) is 50.4 Å². The van der Waals surface area contributed by atoms with Crippen molar-refractivity contribution in [2.75, 3.05) is 0 Å². The minimum absolute atomic E-state index is 0.00367. The van der Waals surface area contributed by atoms with Crippen molar-refractivity contribution >= 4 is 71.8 Å². The molecular formula is C15H6Br2Cl2O3. The highest BCUT2D eigenvalue weighted by molar-refractivity contribution is 9.13. The lowest BCUT2D eigenvalue weighted by molar-refractivity contribution is 0.103. The Kier molecular flexibility index (Phi) is 4.25. The number of fused-ring (bicyclic) bond motifs is 1. The van der Waals surface area contributed by atoms with E-state index in [0.717, 1.165) is 0 Å². The molecule has 0 aliphatic heterocycles. The van der Waals surface area contributed by atoms with E-state index >= 15 is 0 Å². The van der Waals surface area contributed by atoms with Gasteiger partial charge < -0.3 is 9.52 Å². The van der Waals surface area contributed by atoms with Crippen LogP contribution in [0.25, 0.3) is 11.0 Å². The van der Waals surface area contributed by atoms with Crippen molar-refractivity contribution in [2.45, 2.75) is 0 Å². The molecule has 3 rings (SSSR count). The van der Waals surface area contributed by atoms with Gasteiger partial charge in [0.05, 0.1) is 24.6 Å². The molecule has 0 unspecified atom stereocenters. The van der Waals surface area contributed by atoms with Crippen LogP contribution in [0.5, 0.6) is 5.75 Å². The zero-order valence-corrected chi connectivity index (χ0v) is 15.3. The zero-order valence-electron chi connectivity index (χ0n) is 10.7. The summed E-state index contributed by atoms with van der Waals surface area (Å²) in [5.74, 6) is -0.269.